The molecule has 1 unspecified atom stereocenters. The SMILES string of the molecule is Cn1c(N2CCCC2c2cccnc2)nc2ccccc21. The second-order valence-electron chi connectivity index (χ2n) is 5.60. The Morgan fingerprint density at radius 2 is 2.05 bits per heavy atom. The Balaban J connectivity index is 1.78. The third kappa shape index (κ3) is 1.98. The number of aromatic nitrogens is 3. The fraction of sp³-hybridized carbons (Fsp3) is 0.294. The quantitative estimate of drug-likeness (QED) is 0.721. The van der Waals surface area contributed by atoms with E-state index < -0.39 is 0 Å². The smallest absolute Gasteiger partial charge is 0.206 e. The number of pyridine rings is 1. The molecular weight excluding hydrogens is 260 g/mol. The zero-order valence-corrected chi connectivity index (χ0v) is 12.1. The van der Waals surface area contributed by atoms with E-state index in [0.717, 1.165) is 24.4 Å². The van der Waals surface area contributed by atoms with Crippen LogP contribution in [0.25, 0.3) is 11.0 Å². The van der Waals surface area contributed by atoms with Gasteiger partial charge >= 0.3 is 0 Å². The van der Waals surface area contributed by atoms with Crippen molar-refractivity contribution in [1.82, 2.24) is 14.5 Å². The summed E-state index contributed by atoms with van der Waals surface area (Å²) in [4.78, 5) is 11.5. The molecule has 0 aliphatic carbocycles. The van der Waals surface area contributed by atoms with Crippen LogP contribution in [-0.4, -0.2) is 21.1 Å². The fourth-order valence-electron chi connectivity index (χ4n) is 3.32. The maximum atomic E-state index is 4.84. The number of hydrogen-bond acceptors (Lipinski definition) is 3. The predicted octanol–water partition coefficient (Wildman–Crippen LogP) is 3.31. The Morgan fingerprint density at radius 1 is 1.14 bits per heavy atom. The van der Waals surface area contributed by atoms with Crippen LogP contribution in [-0.2, 0) is 7.05 Å². The van der Waals surface area contributed by atoms with Gasteiger partial charge in [-0.3, -0.25) is 4.98 Å². The van der Waals surface area contributed by atoms with Gasteiger partial charge in [-0.2, -0.15) is 0 Å². The average Bonchev–Trinajstić information content (AvgIpc) is 3.13. The van der Waals surface area contributed by atoms with E-state index in [1.54, 1.807) is 0 Å². The van der Waals surface area contributed by atoms with Crippen molar-refractivity contribution in [2.45, 2.75) is 18.9 Å². The van der Waals surface area contributed by atoms with Crippen molar-refractivity contribution in [2.75, 3.05) is 11.4 Å². The Kier molecular flexibility index (Phi) is 2.88. The van der Waals surface area contributed by atoms with E-state index in [-0.39, 0.29) is 0 Å². The zero-order valence-electron chi connectivity index (χ0n) is 12.1. The summed E-state index contributed by atoms with van der Waals surface area (Å²) in [6.07, 6.45) is 6.17. The molecule has 1 saturated heterocycles. The molecule has 0 N–H and O–H groups in total. The fourth-order valence-corrected chi connectivity index (χ4v) is 3.32. The Morgan fingerprint density at radius 3 is 2.86 bits per heavy atom. The first-order valence-corrected chi connectivity index (χ1v) is 7.42. The molecular formula is C17H18N4. The summed E-state index contributed by atoms with van der Waals surface area (Å²) in [5.41, 5.74) is 3.53. The van der Waals surface area contributed by atoms with Crippen molar-refractivity contribution >= 4 is 17.0 Å². The van der Waals surface area contributed by atoms with Crippen molar-refractivity contribution in [3.63, 3.8) is 0 Å². The van der Waals surface area contributed by atoms with Gasteiger partial charge in [0.05, 0.1) is 17.1 Å². The number of aryl methyl sites for hydroxylation is 1. The largest absolute Gasteiger partial charge is 0.335 e. The topological polar surface area (TPSA) is 34.0 Å². The van der Waals surface area contributed by atoms with Gasteiger partial charge in [-0.1, -0.05) is 18.2 Å². The van der Waals surface area contributed by atoms with Gasteiger partial charge in [0.1, 0.15) is 0 Å². The first kappa shape index (κ1) is 12.4. The van der Waals surface area contributed by atoms with Crippen molar-refractivity contribution in [3.8, 4) is 0 Å². The van der Waals surface area contributed by atoms with E-state index in [1.165, 1.54) is 17.5 Å². The number of nitrogens with zero attached hydrogens (tertiary/aromatic N) is 4. The summed E-state index contributed by atoms with van der Waals surface area (Å²) < 4.78 is 2.20. The van der Waals surface area contributed by atoms with Crippen LogP contribution in [0.15, 0.2) is 48.8 Å². The van der Waals surface area contributed by atoms with Crippen LogP contribution in [0.3, 0.4) is 0 Å². The Labute approximate surface area is 124 Å². The lowest BCUT2D eigenvalue weighted by molar-refractivity contribution is 0.687. The van der Waals surface area contributed by atoms with Crippen molar-refractivity contribution < 1.29 is 0 Å². The molecule has 0 spiro atoms. The van der Waals surface area contributed by atoms with Gasteiger partial charge in [0.2, 0.25) is 5.95 Å². The molecule has 0 bridgehead atoms. The van der Waals surface area contributed by atoms with E-state index in [9.17, 15) is 0 Å². The standard InChI is InChI=1S/C17H18N4/c1-20-16-8-3-2-7-14(16)19-17(20)21-11-5-9-15(21)13-6-4-10-18-12-13/h2-4,6-8,10,12,15H,5,9,11H2,1H3. The summed E-state index contributed by atoms with van der Waals surface area (Å²) >= 11 is 0. The normalized spacial score (nSPS) is 18.5. The number of anilines is 1. The van der Waals surface area contributed by atoms with E-state index in [4.69, 9.17) is 4.98 Å². The molecule has 3 aromatic rings. The average molecular weight is 278 g/mol. The molecule has 4 nitrogen and oxygen atoms in total. The monoisotopic (exact) mass is 278 g/mol. The number of benzene rings is 1. The highest BCUT2D eigenvalue weighted by Gasteiger charge is 2.29. The molecule has 4 heteroatoms. The number of rotatable bonds is 2. The molecule has 1 fully saturated rings. The highest BCUT2D eigenvalue weighted by atomic mass is 15.3. The van der Waals surface area contributed by atoms with Gasteiger partial charge in [-0.15, -0.1) is 0 Å². The first-order valence-electron chi connectivity index (χ1n) is 7.42. The van der Waals surface area contributed by atoms with Crippen molar-refractivity contribution in [3.05, 3.63) is 54.4 Å². The van der Waals surface area contributed by atoms with Crippen LogP contribution in [0, 0.1) is 0 Å². The third-order valence-electron chi connectivity index (χ3n) is 4.34. The summed E-state index contributed by atoms with van der Waals surface area (Å²) in [5.74, 6) is 1.06. The zero-order chi connectivity index (χ0) is 14.2. The maximum absolute atomic E-state index is 4.84. The molecule has 0 radical (unpaired) electrons. The van der Waals surface area contributed by atoms with Crippen LogP contribution in [0.5, 0.6) is 0 Å². The van der Waals surface area contributed by atoms with Gasteiger partial charge in [0.25, 0.3) is 0 Å². The number of hydrogen-bond donors (Lipinski definition) is 0. The lowest BCUT2D eigenvalue weighted by Gasteiger charge is -2.25. The predicted molar refractivity (Wildman–Crippen MR) is 84.3 cm³/mol. The van der Waals surface area contributed by atoms with Gasteiger partial charge < -0.3 is 9.47 Å². The minimum atomic E-state index is 0.384. The van der Waals surface area contributed by atoms with Gasteiger partial charge in [-0.25, -0.2) is 4.98 Å². The van der Waals surface area contributed by atoms with Crippen molar-refractivity contribution in [2.24, 2.45) is 7.05 Å². The van der Waals surface area contributed by atoms with Crippen LogP contribution < -0.4 is 4.90 Å². The molecule has 0 saturated carbocycles. The summed E-state index contributed by atoms with van der Waals surface area (Å²) in [6.45, 7) is 1.05. The first-order chi connectivity index (χ1) is 10.3. The molecule has 1 aliphatic heterocycles. The summed E-state index contributed by atoms with van der Waals surface area (Å²) in [5, 5.41) is 0. The van der Waals surface area contributed by atoms with E-state index in [1.807, 2.05) is 24.5 Å². The van der Waals surface area contributed by atoms with E-state index in [0.29, 0.717) is 6.04 Å². The lowest BCUT2D eigenvalue weighted by atomic mass is 10.1. The molecule has 3 heterocycles. The minimum Gasteiger partial charge on any atom is -0.335 e. The van der Waals surface area contributed by atoms with Gasteiger partial charge in [-0.05, 0) is 36.6 Å². The second kappa shape index (κ2) is 4.88. The summed E-state index contributed by atoms with van der Waals surface area (Å²) in [6, 6.07) is 12.9. The molecule has 0 amide bonds. The highest BCUT2D eigenvalue weighted by Crippen LogP contribution is 2.36. The Bertz CT molecular complexity index is 763. The Hall–Kier alpha value is -2.36. The number of imidazole rings is 1. The van der Waals surface area contributed by atoms with Crippen LogP contribution >= 0.6 is 0 Å². The van der Waals surface area contributed by atoms with Crippen LogP contribution in [0.1, 0.15) is 24.4 Å². The summed E-state index contributed by atoms with van der Waals surface area (Å²) in [7, 11) is 2.10. The molecule has 2 aromatic heterocycles. The van der Waals surface area contributed by atoms with E-state index in [2.05, 4.69) is 45.8 Å². The molecule has 1 atom stereocenters. The van der Waals surface area contributed by atoms with Crippen molar-refractivity contribution in [1.29, 1.82) is 0 Å². The highest BCUT2D eigenvalue weighted by molar-refractivity contribution is 5.78. The van der Waals surface area contributed by atoms with Gasteiger partial charge in [0.15, 0.2) is 0 Å². The molecule has 1 aliphatic rings. The van der Waals surface area contributed by atoms with E-state index >= 15 is 0 Å². The van der Waals surface area contributed by atoms with Crippen LogP contribution in [0.4, 0.5) is 5.95 Å². The van der Waals surface area contributed by atoms with Crippen LogP contribution in [0.2, 0.25) is 0 Å². The number of para-hydroxylation sites is 2. The third-order valence-corrected chi connectivity index (χ3v) is 4.34. The van der Waals surface area contributed by atoms with Gasteiger partial charge in [0, 0.05) is 26.0 Å². The maximum Gasteiger partial charge on any atom is 0.206 e. The number of fused-ring (bicyclic) bond motifs is 1. The molecule has 106 valence electrons. The lowest BCUT2D eigenvalue weighted by Crippen LogP contribution is -2.25. The minimum absolute atomic E-state index is 0.384. The molecule has 1 aromatic carbocycles. The molecule has 4 rings (SSSR count). The second-order valence-corrected chi connectivity index (χ2v) is 5.60. The molecule has 21 heavy (non-hydrogen) atoms.